The van der Waals surface area contributed by atoms with Gasteiger partial charge < -0.3 is 5.11 Å². The fraction of sp³-hybridized carbons (Fsp3) is 0.889. The summed E-state index contributed by atoms with van der Waals surface area (Å²) < 4.78 is 0. The fourth-order valence-electron chi connectivity index (χ4n) is 11.7. The highest BCUT2D eigenvalue weighted by Crippen LogP contribution is 2.68. The molecule has 47 heavy (non-hydrogen) atoms. The molecule has 0 amide bonds. The molecule has 2 nitrogen and oxygen atoms in total. The summed E-state index contributed by atoms with van der Waals surface area (Å²) in [5.74, 6) is 5.01. The first-order valence-corrected chi connectivity index (χ1v) is 21.2. The Bertz CT molecular complexity index is 992. The zero-order valence-electron chi connectivity index (χ0n) is 32.2. The molecule has 0 bridgehead atoms. The quantitative estimate of drug-likeness (QED) is 0.0989. The van der Waals surface area contributed by atoms with Gasteiger partial charge in [-0.25, -0.2) is 0 Å². The lowest BCUT2D eigenvalue weighted by Gasteiger charge is -2.58. The molecular weight excluding hydrogens is 574 g/mol. The van der Waals surface area contributed by atoms with Gasteiger partial charge in [-0.15, -0.1) is 0 Å². The smallest absolute Gasteiger partial charge is 0.136 e. The van der Waals surface area contributed by atoms with Gasteiger partial charge in [-0.05, 0) is 123 Å². The molecule has 1 unspecified atom stereocenters. The highest BCUT2D eigenvalue weighted by molar-refractivity contribution is 5.82. The predicted octanol–water partition coefficient (Wildman–Crippen LogP) is 13.2. The van der Waals surface area contributed by atoms with Crippen LogP contribution in [0, 0.1) is 52.3 Å². The number of allylic oxidation sites excluding steroid dienone is 3. The molecule has 4 aliphatic rings. The lowest BCUT2D eigenvalue weighted by Crippen LogP contribution is -2.51. The van der Waals surface area contributed by atoms with E-state index in [-0.39, 0.29) is 17.4 Å². The van der Waals surface area contributed by atoms with Crippen LogP contribution in [0.25, 0.3) is 0 Å². The van der Waals surface area contributed by atoms with E-state index in [9.17, 15) is 9.90 Å². The normalized spacial score (nSPS) is 34.3. The van der Waals surface area contributed by atoms with Crippen LogP contribution in [0.4, 0.5) is 0 Å². The van der Waals surface area contributed by atoms with E-state index in [2.05, 4.69) is 59.8 Å². The van der Waals surface area contributed by atoms with Crippen LogP contribution in [0.5, 0.6) is 0 Å². The molecule has 2 heteroatoms. The number of unbranched alkanes of at least 4 members (excludes halogenated alkanes) is 11. The second kappa shape index (κ2) is 18.9. The van der Waals surface area contributed by atoms with Gasteiger partial charge in [0.1, 0.15) is 5.78 Å². The van der Waals surface area contributed by atoms with Crippen molar-refractivity contribution in [2.45, 2.75) is 202 Å². The summed E-state index contributed by atoms with van der Waals surface area (Å²) in [5.41, 5.74) is 2.14. The van der Waals surface area contributed by atoms with Crippen molar-refractivity contribution in [3.05, 3.63) is 23.8 Å². The predicted molar refractivity (Wildman–Crippen MR) is 202 cm³/mol. The largest absolute Gasteiger partial charge is 0.393 e. The van der Waals surface area contributed by atoms with Crippen LogP contribution in [0.15, 0.2) is 23.8 Å². The Balaban J connectivity index is 1.28. The minimum atomic E-state index is -0.138. The van der Waals surface area contributed by atoms with Gasteiger partial charge in [0, 0.05) is 12.3 Å². The third kappa shape index (κ3) is 10.1. The Labute approximate surface area is 292 Å². The number of ketones is 1. The first-order valence-electron chi connectivity index (χ1n) is 21.2. The van der Waals surface area contributed by atoms with Crippen molar-refractivity contribution in [3.8, 4) is 0 Å². The minimum Gasteiger partial charge on any atom is -0.393 e. The third-order valence-corrected chi connectivity index (χ3v) is 14.4. The van der Waals surface area contributed by atoms with Gasteiger partial charge in [-0.1, -0.05) is 136 Å². The Morgan fingerprint density at radius 3 is 2.19 bits per heavy atom. The molecule has 0 heterocycles. The molecule has 0 spiro atoms. The molecule has 3 fully saturated rings. The van der Waals surface area contributed by atoms with Crippen molar-refractivity contribution in [1.29, 1.82) is 0 Å². The average molecular weight is 653 g/mol. The van der Waals surface area contributed by atoms with Crippen LogP contribution in [-0.4, -0.2) is 17.0 Å². The monoisotopic (exact) mass is 653 g/mol. The van der Waals surface area contributed by atoms with Crippen LogP contribution in [-0.2, 0) is 4.79 Å². The summed E-state index contributed by atoms with van der Waals surface area (Å²) in [6.45, 7) is 14.7. The Kier molecular flexibility index (Phi) is 15.7. The Morgan fingerprint density at radius 2 is 1.51 bits per heavy atom. The first-order chi connectivity index (χ1) is 22.6. The number of carbonyl (C=O) groups is 1. The SMILES string of the molecule is CCCCCCCC/C=C\CCCCCCC[14C](=O)C1C[C@H]2[C@@H]3CC=C4C[C@@H](O)CC[C@]4(C)[C@H]3CC[C@]2(C)[C@H]1[C@H](C)CCCC(C)C. The highest BCUT2D eigenvalue weighted by atomic mass is 16.3. The number of aliphatic hydroxyl groups is 1. The third-order valence-electron chi connectivity index (χ3n) is 14.4. The molecule has 0 aromatic heterocycles. The van der Waals surface area contributed by atoms with E-state index in [1.807, 2.05) is 0 Å². The molecular formula is C45H78O2. The number of aliphatic hydroxyl groups excluding tert-OH is 1. The molecule has 4 rings (SSSR count). The summed E-state index contributed by atoms with van der Waals surface area (Å²) >= 11 is 0. The summed E-state index contributed by atoms with van der Waals surface area (Å²) in [5, 5.41) is 10.5. The van der Waals surface area contributed by atoms with Gasteiger partial charge in [-0.3, -0.25) is 4.79 Å². The van der Waals surface area contributed by atoms with Gasteiger partial charge in [0.15, 0.2) is 0 Å². The lowest BCUT2D eigenvalue weighted by atomic mass is 9.47. The highest BCUT2D eigenvalue weighted by Gasteiger charge is 2.62. The molecule has 0 saturated heterocycles. The van der Waals surface area contributed by atoms with Crippen molar-refractivity contribution in [3.63, 3.8) is 0 Å². The van der Waals surface area contributed by atoms with E-state index in [0.29, 0.717) is 29.0 Å². The van der Waals surface area contributed by atoms with Crippen LogP contribution >= 0.6 is 0 Å². The number of fused-ring (bicyclic) bond motifs is 5. The van der Waals surface area contributed by atoms with Crippen molar-refractivity contribution < 1.29 is 9.90 Å². The van der Waals surface area contributed by atoms with E-state index in [1.165, 1.54) is 116 Å². The van der Waals surface area contributed by atoms with Crippen LogP contribution in [0.1, 0.15) is 196 Å². The molecule has 0 aliphatic heterocycles. The molecule has 0 aromatic rings. The molecule has 0 aromatic carbocycles. The lowest BCUT2D eigenvalue weighted by molar-refractivity contribution is -0.125. The Morgan fingerprint density at radius 1 is 0.851 bits per heavy atom. The summed E-state index contributed by atoms with van der Waals surface area (Å²) in [6, 6.07) is 0. The molecule has 1 N–H and O–H groups in total. The summed E-state index contributed by atoms with van der Waals surface area (Å²) in [4.78, 5) is 14.2. The maximum atomic E-state index is 14.2. The van der Waals surface area contributed by atoms with E-state index in [0.717, 1.165) is 56.3 Å². The van der Waals surface area contributed by atoms with E-state index in [4.69, 9.17) is 0 Å². The van der Waals surface area contributed by atoms with Gasteiger partial charge in [-0.2, -0.15) is 0 Å². The standard InChI is InChI=1S/C45H78O2/c1-7-8-9-10-11-12-13-14-15-16-17-18-19-20-21-25-42(47)39-33-41-38-27-26-36-32-37(46)28-30-44(36,5)40(38)29-31-45(41,6)43(39)35(4)24-22-23-34(2)3/h14-15,26,34-35,37-41,43,46H,7-13,16-25,27-33H2,1-6H3/b15-14-/t35-,37+,38-,39?,40+,41+,43+,44+,45+/m1/s1/i42+2. The summed E-state index contributed by atoms with van der Waals surface area (Å²) in [7, 11) is 0. The zero-order chi connectivity index (χ0) is 33.9. The summed E-state index contributed by atoms with van der Waals surface area (Å²) in [6.07, 6.45) is 37.0. The van der Waals surface area contributed by atoms with E-state index < -0.39 is 0 Å². The second-order valence-electron chi connectivity index (χ2n) is 18.2. The topological polar surface area (TPSA) is 37.3 Å². The van der Waals surface area contributed by atoms with Gasteiger partial charge >= 0.3 is 0 Å². The molecule has 9 atom stereocenters. The van der Waals surface area contributed by atoms with Crippen molar-refractivity contribution >= 4 is 5.78 Å². The maximum absolute atomic E-state index is 14.2. The van der Waals surface area contributed by atoms with Crippen LogP contribution < -0.4 is 0 Å². The van der Waals surface area contributed by atoms with Gasteiger partial charge in [0.25, 0.3) is 0 Å². The minimum absolute atomic E-state index is 0.138. The van der Waals surface area contributed by atoms with Crippen molar-refractivity contribution in [2.24, 2.45) is 52.3 Å². The number of hydrogen-bond acceptors (Lipinski definition) is 2. The Hall–Kier alpha value is -0.890. The average Bonchev–Trinajstić information content (AvgIpc) is 3.36. The van der Waals surface area contributed by atoms with Crippen LogP contribution in [0.2, 0.25) is 0 Å². The number of rotatable bonds is 21. The molecule has 270 valence electrons. The fourth-order valence-corrected chi connectivity index (χ4v) is 11.7. The van der Waals surface area contributed by atoms with Crippen molar-refractivity contribution in [1.82, 2.24) is 0 Å². The molecule has 4 aliphatic carbocycles. The number of hydrogen-bond donors (Lipinski definition) is 1. The number of carbonyl (C=O) groups excluding carboxylic acids is 1. The van der Waals surface area contributed by atoms with E-state index >= 15 is 0 Å². The van der Waals surface area contributed by atoms with Crippen LogP contribution in [0.3, 0.4) is 0 Å². The molecule has 0 radical (unpaired) electrons. The maximum Gasteiger partial charge on any atom is 0.136 e. The van der Waals surface area contributed by atoms with E-state index in [1.54, 1.807) is 5.57 Å². The molecule has 3 saturated carbocycles. The van der Waals surface area contributed by atoms with Gasteiger partial charge in [0.2, 0.25) is 0 Å². The van der Waals surface area contributed by atoms with Crippen molar-refractivity contribution in [2.75, 3.05) is 0 Å². The first kappa shape index (κ1) is 38.9. The number of Topliss-reactive ketones (excluding diaryl/α,β-unsaturated/α-hetero) is 1. The van der Waals surface area contributed by atoms with Gasteiger partial charge in [0.05, 0.1) is 6.10 Å². The second-order valence-corrected chi connectivity index (χ2v) is 18.2. The zero-order valence-corrected chi connectivity index (χ0v) is 32.2.